The molecular weight excluding hydrogens is 366 g/mol. The van der Waals surface area contributed by atoms with Crippen molar-refractivity contribution in [2.75, 3.05) is 13.7 Å². The van der Waals surface area contributed by atoms with E-state index >= 15 is 0 Å². The molecule has 0 saturated heterocycles. The quantitative estimate of drug-likeness (QED) is 0.611. The molecule has 6 nitrogen and oxygen atoms in total. The van der Waals surface area contributed by atoms with Gasteiger partial charge in [0.25, 0.3) is 0 Å². The Morgan fingerprint density at radius 2 is 1.76 bits per heavy atom. The predicted octanol–water partition coefficient (Wildman–Crippen LogP) is 4.42. The number of amides is 1. The van der Waals surface area contributed by atoms with Gasteiger partial charge in [-0.3, -0.25) is 0 Å². The molecule has 0 heterocycles. The van der Waals surface area contributed by atoms with E-state index in [9.17, 15) is 4.79 Å². The Morgan fingerprint density at radius 1 is 1.10 bits per heavy atom. The van der Waals surface area contributed by atoms with Crippen LogP contribution in [0.5, 0.6) is 5.75 Å². The van der Waals surface area contributed by atoms with Crippen LogP contribution < -0.4 is 15.9 Å². The average molecular weight is 400 g/mol. The molecule has 1 amide bonds. The molecule has 158 valence electrons. The highest BCUT2D eigenvalue weighted by Crippen LogP contribution is 2.16. The number of hydrogen-bond acceptors (Lipinski definition) is 5. The number of nitrogens with zero attached hydrogens (tertiary/aromatic N) is 1. The summed E-state index contributed by atoms with van der Waals surface area (Å²) in [6.45, 7) is 6.59. The van der Waals surface area contributed by atoms with Gasteiger partial charge < -0.3 is 15.2 Å². The molecule has 0 aliphatic heterocycles. The minimum atomic E-state index is -0.558. The van der Waals surface area contributed by atoms with Gasteiger partial charge in [0.05, 0.1) is 7.11 Å². The minimum Gasteiger partial charge on any atom is -0.497 e. The zero-order valence-electron chi connectivity index (χ0n) is 17.9. The summed E-state index contributed by atoms with van der Waals surface area (Å²) in [6, 6.07) is 17.7. The van der Waals surface area contributed by atoms with Gasteiger partial charge in [0.15, 0.2) is 0 Å². The van der Waals surface area contributed by atoms with Gasteiger partial charge in [-0.2, -0.15) is 0 Å². The molecule has 0 aliphatic carbocycles. The van der Waals surface area contributed by atoms with Gasteiger partial charge in [0.1, 0.15) is 11.4 Å². The Balaban J connectivity index is 1.93. The van der Waals surface area contributed by atoms with Gasteiger partial charge in [-0.15, -0.1) is 0 Å². The van der Waals surface area contributed by atoms with Crippen molar-refractivity contribution in [2.45, 2.75) is 51.8 Å². The first-order valence-corrected chi connectivity index (χ1v) is 9.96. The second-order valence-electron chi connectivity index (χ2n) is 7.97. The normalized spacial score (nSPS) is 12.3. The van der Waals surface area contributed by atoms with Crippen molar-refractivity contribution in [3.8, 4) is 5.75 Å². The summed E-state index contributed by atoms with van der Waals surface area (Å²) in [6.07, 6.45) is 1.14. The fraction of sp³-hybridized carbons (Fsp3) is 0.435. The lowest BCUT2D eigenvalue weighted by Crippen LogP contribution is -2.45. The van der Waals surface area contributed by atoms with Crippen LogP contribution in [0.4, 0.5) is 4.79 Å². The van der Waals surface area contributed by atoms with E-state index in [1.807, 2.05) is 75.4 Å². The standard InChI is InChI=1S/C23H33N3O3/c1-23(2,3)29-22(27)26(25-17-18-12-14-20(28-4)15-13-18)16-8-11-21(24)19-9-6-5-7-10-19/h5-7,9-10,12-15,21,25H,8,11,16-17,24H2,1-4H3. The molecule has 3 N–H and O–H groups in total. The fourth-order valence-corrected chi connectivity index (χ4v) is 2.82. The van der Waals surface area contributed by atoms with Gasteiger partial charge >= 0.3 is 6.09 Å². The molecule has 2 rings (SSSR count). The minimum absolute atomic E-state index is 0.0572. The molecule has 0 radical (unpaired) electrons. The van der Waals surface area contributed by atoms with E-state index in [0.29, 0.717) is 13.1 Å². The summed E-state index contributed by atoms with van der Waals surface area (Å²) in [5.74, 6) is 0.799. The van der Waals surface area contributed by atoms with Crippen molar-refractivity contribution in [1.82, 2.24) is 10.4 Å². The van der Waals surface area contributed by atoms with Crippen molar-refractivity contribution in [3.05, 3.63) is 65.7 Å². The van der Waals surface area contributed by atoms with Crippen LogP contribution in [0.3, 0.4) is 0 Å². The zero-order chi connectivity index (χ0) is 21.3. The van der Waals surface area contributed by atoms with Crippen LogP contribution in [0, 0.1) is 0 Å². The Kier molecular flexibility index (Phi) is 8.49. The number of benzene rings is 2. The number of methoxy groups -OCH3 is 1. The third-order valence-corrected chi connectivity index (χ3v) is 4.37. The average Bonchev–Trinajstić information content (AvgIpc) is 2.70. The summed E-state index contributed by atoms with van der Waals surface area (Å²) in [7, 11) is 1.64. The Hall–Kier alpha value is -2.57. The second-order valence-corrected chi connectivity index (χ2v) is 7.97. The van der Waals surface area contributed by atoms with Crippen LogP contribution in [0.2, 0.25) is 0 Å². The number of carbonyl (C=O) groups excluding carboxylic acids is 1. The van der Waals surface area contributed by atoms with Crippen molar-refractivity contribution < 1.29 is 14.3 Å². The molecule has 0 spiro atoms. The van der Waals surface area contributed by atoms with Gasteiger partial charge in [-0.25, -0.2) is 15.2 Å². The molecule has 1 atom stereocenters. The first kappa shape index (κ1) is 22.7. The van der Waals surface area contributed by atoms with Gasteiger partial charge in [0.2, 0.25) is 0 Å². The van der Waals surface area contributed by atoms with Crippen LogP contribution in [-0.2, 0) is 11.3 Å². The number of hydrogen-bond donors (Lipinski definition) is 2. The monoisotopic (exact) mass is 399 g/mol. The van der Waals surface area contributed by atoms with Crippen molar-refractivity contribution in [3.63, 3.8) is 0 Å². The molecule has 2 aromatic carbocycles. The molecule has 29 heavy (non-hydrogen) atoms. The maximum absolute atomic E-state index is 12.6. The number of nitrogens with one attached hydrogen (secondary N) is 1. The maximum Gasteiger partial charge on any atom is 0.424 e. The lowest BCUT2D eigenvalue weighted by Gasteiger charge is -2.28. The number of carbonyl (C=O) groups is 1. The summed E-state index contributed by atoms with van der Waals surface area (Å²) in [5, 5.41) is 1.53. The first-order valence-electron chi connectivity index (χ1n) is 9.96. The molecular formula is C23H33N3O3. The Labute approximate surface area is 174 Å². The van der Waals surface area contributed by atoms with Gasteiger partial charge in [-0.1, -0.05) is 42.5 Å². The number of nitrogens with two attached hydrogens (primary N) is 1. The summed E-state index contributed by atoms with van der Waals surface area (Å²) in [4.78, 5) is 12.6. The van der Waals surface area contributed by atoms with Crippen LogP contribution in [0.25, 0.3) is 0 Å². The highest BCUT2D eigenvalue weighted by atomic mass is 16.6. The Bertz CT molecular complexity index is 742. The van der Waals surface area contributed by atoms with E-state index in [1.165, 1.54) is 5.01 Å². The van der Waals surface area contributed by atoms with Crippen LogP contribution in [-0.4, -0.2) is 30.4 Å². The van der Waals surface area contributed by atoms with E-state index in [2.05, 4.69) is 5.43 Å². The third kappa shape index (κ3) is 8.13. The van der Waals surface area contributed by atoms with Crippen LogP contribution >= 0.6 is 0 Å². The van der Waals surface area contributed by atoms with E-state index < -0.39 is 5.60 Å². The summed E-state index contributed by atoms with van der Waals surface area (Å²) < 4.78 is 10.7. The molecule has 6 heteroatoms. The molecule has 2 aromatic rings. The molecule has 0 aromatic heterocycles. The molecule has 0 fully saturated rings. The molecule has 1 unspecified atom stereocenters. The summed E-state index contributed by atoms with van der Waals surface area (Å²) in [5.41, 5.74) is 11.1. The topological polar surface area (TPSA) is 76.8 Å². The summed E-state index contributed by atoms with van der Waals surface area (Å²) >= 11 is 0. The fourth-order valence-electron chi connectivity index (χ4n) is 2.82. The maximum atomic E-state index is 12.6. The smallest absolute Gasteiger partial charge is 0.424 e. The number of ether oxygens (including phenoxy) is 2. The van der Waals surface area contributed by atoms with Crippen LogP contribution in [0.1, 0.15) is 50.8 Å². The van der Waals surface area contributed by atoms with E-state index in [0.717, 1.165) is 29.7 Å². The molecule has 0 aliphatic rings. The SMILES string of the molecule is COc1ccc(CNN(CCCC(N)c2ccccc2)C(=O)OC(C)(C)C)cc1. The van der Waals surface area contributed by atoms with Gasteiger partial charge in [-0.05, 0) is 56.9 Å². The Morgan fingerprint density at radius 3 is 2.34 bits per heavy atom. The number of rotatable bonds is 9. The molecule has 0 bridgehead atoms. The van der Waals surface area contributed by atoms with Crippen molar-refractivity contribution in [1.29, 1.82) is 0 Å². The number of hydrazine groups is 1. The largest absolute Gasteiger partial charge is 0.497 e. The second kappa shape index (κ2) is 10.8. The van der Waals surface area contributed by atoms with Crippen molar-refractivity contribution in [2.24, 2.45) is 5.73 Å². The van der Waals surface area contributed by atoms with Crippen molar-refractivity contribution >= 4 is 6.09 Å². The highest BCUT2D eigenvalue weighted by Gasteiger charge is 2.22. The lowest BCUT2D eigenvalue weighted by atomic mass is 10.0. The predicted molar refractivity (Wildman–Crippen MR) is 115 cm³/mol. The third-order valence-electron chi connectivity index (χ3n) is 4.37. The molecule has 0 saturated carbocycles. The van der Waals surface area contributed by atoms with Gasteiger partial charge in [0, 0.05) is 19.1 Å². The van der Waals surface area contributed by atoms with E-state index in [4.69, 9.17) is 15.2 Å². The van der Waals surface area contributed by atoms with Crippen LogP contribution in [0.15, 0.2) is 54.6 Å². The lowest BCUT2D eigenvalue weighted by molar-refractivity contribution is 0.0125. The first-order chi connectivity index (χ1) is 13.8. The zero-order valence-corrected chi connectivity index (χ0v) is 17.9. The van der Waals surface area contributed by atoms with E-state index in [-0.39, 0.29) is 12.1 Å². The highest BCUT2D eigenvalue weighted by molar-refractivity contribution is 5.67. The van der Waals surface area contributed by atoms with E-state index in [1.54, 1.807) is 7.11 Å².